The van der Waals surface area contributed by atoms with Crippen LogP contribution in [-0.4, -0.2) is 35.5 Å². The summed E-state index contributed by atoms with van der Waals surface area (Å²) in [5, 5.41) is 9.48. The number of carbonyl (C=O) groups is 2. The number of hydrogen-bond acceptors (Lipinski definition) is 2. The van der Waals surface area contributed by atoms with Gasteiger partial charge >= 0.3 is 5.97 Å². The molecule has 2 saturated carbocycles. The summed E-state index contributed by atoms with van der Waals surface area (Å²) < 4.78 is 0. The molecule has 2 aliphatic carbocycles. The summed E-state index contributed by atoms with van der Waals surface area (Å²) in [6, 6.07) is 0. The molecule has 4 heteroatoms. The number of carbonyl (C=O) groups excluding carboxylic acids is 1. The first-order chi connectivity index (χ1) is 8.94. The van der Waals surface area contributed by atoms with Crippen LogP contribution in [0.15, 0.2) is 0 Å². The molecule has 0 aliphatic heterocycles. The Bertz CT molecular complexity index is 360. The third kappa shape index (κ3) is 3.28. The van der Waals surface area contributed by atoms with E-state index < -0.39 is 11.4 Å². The minimum absolute atomic E-state index is 0.00315. The fourth-order valence-corrected chi connectivity index (χ4v) is 3.23. The van der Waals surface area contributed by atoms with Crippen LogP contribution in [0.1, 0.15) is 51.9 Å². The molecule has 0 heterocycles. The number of carboxylic acids is 1. The number of carboxylic acid groups (broad SMARTS) is 1. The van der Waals surface area contributed by atoms with Gasteiger partial charge in [0.15, 0.2) is 0 Å². The molecule has 0 radical (unpaired) electrons. The molecule has 0 spiro atoms. The van der Waals surface area contributed by atoms with Crippen molar-refractivity contribution in [2.75, 3.05) is 13.6 Å². The fraction of sp³-hybridized carbons (Fsp3) is 0.867. The Balaban J connectivity index is 1.92. The second-order valence-electron chi connectivity index (χ2n) is 6.57. The molecule has 2 atom stereocenters. The molecule has 2 rings (SSSR count). The van der Waals surface area contributed by atoms with Gasteiger partial charge in [-0.25, -0.2) is 0 Å². The molecule has 0 aromatic heterocycles. The van der Waals surface area contributed by atoms with Crippen molar-refractivity contribution in [3.8, 4) is 0 Å². The summed E-state index contributed by atoms with van der Waals surface area (Å²) >= 11 is 0. The summed E-state index contributed by atoms with van der Waals surface area (Å²) in [6.45, 7) is 2.98. The average Bonchev–Trinajstić information content (AvgIpc) is 3.05. The second-order valence-corrected chi connectivity index (χ2v) is 6.57. The Hall–Kier alpha value is -1.06. The molecule has 1 amide bonds. The molecule has 4 nitrogen and oxygen atoms in total. The molecule has 0 aromatic carbocycles. The van der Waals surface area contributed by atoms with E-state index in [9.17, 15) is 14.7 Å². The smallest absolute Gasteiger partial charge is 0.310 e. The third-order valence-corrected chi connectivity index (χ3v) is 4.96. The van der Waals surface area contributed by atoms with Gasteiger partial charge in [-0.05, 0) is 31.1 Å². The van der Waals surface area contributed by atoms with E-state index in [0.717, 1.165) is 31.7 Å². The topological polar surface area (TPSA) is 57.6 Å². The number of nitrogens with zero attached hydrogens (tertiary/aromatic N) is 1. The van der Waals surface area contributed by atoms with E-state index in [1.807, 2.05) is 7.05 Å². The first kappa shape index (κ1) is 14.4. The van der Waals surface area contributed by atoms with Crippen LogP contribution in [0.25, 0.3) is 0 Å². The summed E-state index contributed by atoms with van der Waals surface area (Å²) in [5.41, 5.74) is -0.793. The van der Waals surface area contributed by atoms with Gasteiger partial charge in [0.25, 0.3) is 0 Å². The Labute approximate surface area is 115 Å². The normalized spacial score (nSPS) is 28.7. The van der Waals surface area contributed by atoms with Crippen molar-refractivity contribution in [3.05, 3.63) is 0 Å². The minimum Gasteiger partial charge on any atom is -0.481 e. The Morgan fingerprint density at radius 1 is 1.26 bits per heavy atom. The second kappa shape index (κ2) is 5.51. The van der Waals surface area contributed by atoms with E-state index in [4.69, 9.17) is 0 Å². The largest absolute Gasteiger partial charge is 0.481 e. The van der Waals surface area contributed by atoms with Gasteiger partial charge in [-0.1, -0.05) is 26.2 Å². The van der Waals surface area contributed by atoms with Crippen LogP contribution in [-0.2, 0) is 9.59 Å². The lowest BCUT2D eigenvalue weighted by Crippen LogP contribution is -2.40. The zero-order valence-electron chi connectivity index (χ0n) is 12.0. The maximum absolute atomic E-state index is 12.3. The average molecular weight is 267 g/mol. The van der Waals surface area contributed by atoms with Gasteiger partial charge in [-0.2, -0.15) is 0 Å². The van der Waals surface area contributed by atoms with Crippen molar-refractivity contribution in [1.82, 2.24) is 4.90 Å². The SMILES string of the molecule is CC1CC1CN(C)C(=O)CC1(C(=O)O)CCCCC1. The number of rotatable bonds is 5. The van der Waals surface area contributed by atoms with Crippen molar-refractivity contribution in [2.45, 2.75) is 51.9 Å². The van der Waals surface area contributed by atoms with Gasteiger partial charge in [0.1, 0.15) is 0 Å². The van der Waals surface area contributed by atoms with Crippen LogP contribution in [0.5, 0.6) is 0 Å². The molecule has 2 fully saturated rings. The highest BCUT2D eigenvalue weighted by Crippen LogP contribution is 2.41. The predicted molar refractivity (Wildman–Crippen MR) is 72.7 cm³/mol. The number of hydrogen-bond donors (Lipinski definition) is 1. The van der Waals surface area contributed by atoms with Crippen LogP contribution < -0.4 is 0 Å². The van der Waals surface area contributed by atoms with E-state index in [-0.39, 0.29) is 12.3 Å². The highest BCUT2D eigenvalue weighted by atomic mass is 16.4. The van der Waals surface area contributed by atoms with Crippen LogP contribution >= 0.6 is 0 Å². The summed E-state index contributed by atoms with van der Waals surface area (Å²) in [6.07, 6.45) is 5.65. The van der Waals surface area contributed by atoms with Gasteiger partial charge in [0.2, 0.25) is 5.91 Å². The molecule has 1 N–H and O–H groups in total. The lowest BCUT2D eigenvalue weighted by molar-refractivity contribution is -0.155. The summed E-state index contributed by atoms with van der Waals surface area (Å²) in [4.78, 5) is 25.5. The monoisotopic (exact) mass is 267 g/mol. The van der Waals surface area contributed by atoms with Crippen molar-refractivity contribution < 1.29 is 14.7 Å². The highest BCUT2D eigenvalue weighted by molar-refractivity contribution is 5.85. The molecule has 19 heavy (non-hydrogen) atoms. The lowest BCUT2D eigenvalue weighted by Gasteiger charge is -2.33. The van der Waals surface area contributed by atoms with E-state index >= 15 is 0 Å². The fourth-order valence-electron chi connectivity index (χ4n) is 3.23. The molecule has 0 aromatic rings. The summed E-state index contributed by atoms with van der Waals surface area (Å²) in [5.74, 6) is 0.566. The Kier molecular flexibility index (Phi) is 4.16. The van der Waals surface area contributed by atoms with Gasteiger partial charge in [-0.15, -0.1) is 0 Å². The molecule has 2 aliphatic rings. The zero-order valence-corrected chi connectivity index (χ0v) is 12.0. The zero-order chi connectivity index (χ0) is 14.0. The lowest BCUT2D eigenvalue weighted by atomic mass is 9.71. The number of amides is 1. The van der Waals surface area contributed by atoms with Gasteiger partial charge < -0.3 is 10.0 Å². The van der Waals surface area contributed by atoms with Gasteiger partial charge in [0.05, 0.1) is 5.41 Å². The molecular formula is C15H25NO3. The summed E-state index contributed by atoms with van der Waals surface area (Å²) in [7, 11) is 1.81. The van der Waals surface area contributed by atoms with Crippen molar-refractivity contribution in [2.24, 2.45) is 17.3 Å². The van der Waals surface area contributed by atoms with E-state index in [1.165, 1.54) is 6.42 Å². The van der Waals surface area contributed by atoms with Crippen molar-refractivity contribution in [1.29, 1.82) is 0 Å². The third-order valence-electron chi connectivity index (χ3n) is 4.96. The predicted octanol–water partition coefficient (Wildman–Crippen LogP) is 2.53. The van der Waals surface area contributed by atoms with Gasteiger partial charge in [0, 0.05) is 20.0 Å². The Morgan fingerprint density at radius 2 is 1.84 bits per heavy atom. The molecular weight excluding hydrogens is 242 g/mol. The van der Waals surface area contributed by atoms with E-state index in [2.05, 4.69) is 6.92 Å². The van der Waals surface area contributed by atoms with Crippen LogP contribution in [0.3, 0.4) is 0 Å². The molecule has 0 bridgehead atoms. The molecule has 108 valence electrons. The molecule has 0 saturated heterocycles. The minimum atomic E-state index is -0.793. The van der Waals surface area contributed by atoms with E-state index in [0.29, 0.717) is 18.8 Å². The first-order valence-corrected chi connectivity index (χ1v) is 7.42. The van der Waals surface area contributed by atoms with Gasteiger partial charge in [-0.3, -0.25) is 9.59 Å². The van der Waals surface area contributed by atoms with Crippen molar-refractivity contribution in [3.63, 3.8) is 0 Å². The van der Waals surface area contributed by atoms with E-state index in [1.54, 1.807) is 4.90 Å². The van der Waals surface area contributed by atoms with Crippen molar-refractivity contribution >= 4 is 11.9 Å². The Morgan fingerprint density at radius 3 is 2.32 bits per heavy atom. The molecule has 2 unspecified atom stereocenters. The maximum Gasteiger partial charge on any atom is 0.310 e. The van der Waals surface area contributed by atoms with Crippen LogP contribution in [0.4, 0.5) is 0 Å². The standard InChI is InChI=1S/C15H25NO3/c1-11-8-12(11)10-16(2)13(17)9-15(14(18)19)6-4-3-5-7-15/h11-12H,3-10H2,1-2H3,(H,18,19). The number of aliphatic carboxylic acids is 1. The first-order valence-electron chi connectivity index (χ1n) is 7.42. The quantitative estimate of drug-likeness (QED) is 0.832. The maximum atomic E-state index is 12.3. The van der Waals surface area contributed by atoms with Crippen LogP contribution in [0, 0.1) is 17.3 Å². The highest BCUT2D eigenvalue weighted by Gasteiger charge is 2.42. The van der Waals surface area contributed by atoms with Crippen LogP contribution in [0.2, 0.25) is 0 Å².